The number of nitrogens with zero attached hydrogens (tertiary/aromatic N) is 2. The van der Waals surface area contributed by atoms with E-state index in [0.29, 0.717) is 31.2 Å². The van der Waals surface area contributed by atoms with Gasteiger partial charge in [-0.25, -0.2) is 0 Å². The number of imide groups is 1. The zero-order valence-corrected chi connectivity index (χ0v) is 22.1. The Balaban J connectivity index is 1.21. The Bertz CT molecular complexity index is 1180. The van der Waals surface area contributed by atoms with Gasteiger partial charge in [-0.2, -0.15) is 0 Å². The first-order valence-corrected chi connectivity index (χ1v) is 13.4. The van der Waals surface area contributed by atoms with Crippen molar-refractivity contribution in [2.75, 3.05) is 13.2 Å². The van der Waals surface area contributed by atoms with Crippen LogP contribution in [0.5, 0.6) is 5.75 Å². The number of ether oxygens (including phenoxy) is 1. The minimum absolute atomic E-state index is 0.152. The first-order chi connectivity index (χ1) is 17.7. The lowest BCUT2D eigenvalue weighted by molar-refractivity contribution is -0.136. The molecule has 2 aromatic carbocycles. The molecule has 3 amide bonds. The van der Waals surface area contributed by atoms with Gasteiger partial charge in [0.1, 0.15) is 18.4 Å². The minimum atomic E-state index is -0.602. The fourth-order valence-electron chi connectivity index (χ4n) is 5.63. The first kappa shape index (κ1) is 25.5. The van der Waals surface area contributed by atoms with Gasteiger partial charge < -0.3 is 9.64 Å². The summed E-state index contributed by atoms with van der Waals surface area (Å²) >= 11 is 0. The highest BCUT2D eigenvalue weighted by molar-refractivity contribution is 6.05. The number of rotatable bonds is 6. The first-order valence-electron chi connectivity index (χ1n) is 13.4. The van der Waals surface area contributed by atoms with Crippen LogP contribution >= 0.6 is 0 Å². The number of carbonyl (C=O) groups is 3. The molecule has 5 rings (SSSR count). The van der Waals surface area contributed by atoms with Crippen LogP contribution < -0.4 is 10.1 Å². The van der Waals surface area contributed by atoms with Gasteiger partial charge in [-0.1, -0.05) is 51.5 Å². The monoisotopic (exact) mass is 503 g/mol. The Kier molecular flexibility index (Phi) is 7.08. The summed E-state index contributed by atoms with van der Waals surface area (Å²) in [5.74, 6) is -0.0807. The van der Waals surface area contributed by atoms with E-state index in [1.807, 2.05) is 12.1 Å². The Morgan fingerprint density at radius 1 is 1.00 bits per heavy atom. The molecule has 7 nitrogen and oxygen atoms in total. The van der Waals surface area contributed by atoms with Gasteiger partial charge in [0.25, 0.3) is 5.91 Å². The number of hydrogen-bond donors (Lipinski definition) is 1. The van der Waals surface area contributed by atoms with E-state index >= 15 is 0 Å². The van der Waals surface area contributed by atoms with E-state index in [0.717, 1.165) is 30.8 Å². The third-order valence-electron chi connectivity index (χ3n) is 7.89. The van der Waals surface area contributed by atoms with E-state index < -0.39 is 6.04 Å². The summed E-state index contributed by atoms with van der Waals surface area (Å²) in [7, 11) is 0. The van der Waals surface area contributed by atoms with Crippen molar-refractivity contribution >= 4 is 17.7 Å². The molecule has 0 aromatic heterocycles. The summed E-state index contributed by atoms with van der Waals surface area (Å²) in [5.41, 5.74) is 4.30. The van der Waals surface area contributed by atoms with Gasteiger partial charge in [0.15, 0.2) is 0 Å². The van der Waals surface area contributed by atoms with Crippen molar-refractivity contribution < 1.29 is 19.1 Å². The lowest BCUT2D eigenvalue weighted by atomic mass is 9.86. The van der Waals surface area contributed by atoms with Gasteiger partial charge in [0.05, 0.1) is 0 Å². The van der Waals surface area contributed by atoms with E-state index in [9.17, 15) is 14.4 Å². The van der Waals surface area contributed by atoms with Gasteiger partial charge in [-0.15, -0.1) is 0 Å². The van der Waals surface area contributed by atoms with E-state index in [1.165, 1.54) is 24.0 Å². The van der Waals surface area contributed by atoms with Crippen LogP contribution in [0.15, 0.2) is 42.5 Å². The van der Waals surface area contributed by atoms with Crippen LogP contribution in [-0.4, -0.2) is 52.8 Å². The van der Waals surface area contributed by atoms with Gasteiger partial charge in [-0.3, -0.25) is 24.6 Å². The number of hydrogen-bond acceptors (Lipinski definition) is 5. The highest BCUT2D eigenvalue weighted by Gasteiger charge is 2.39. The number of likely N-dealkylation sites (tertiary alicyclic amines) is 1. The molecule has 0 bridgehead atoms. The van der Waals surface area contributed by atoms with Crippen molar-refractivity contribution in [1.29, 1.82) is 0 Å². The van der Waals surface area contributed by atoms with Crippen molar-refractivity contribution in [1.82, 2.24) is 15.1 Å². The molecule has 2 aromatic rings. The molecule has 7 heteroatoms. The molecule has 196 valence electrons. The Morgan fingerprint density at radius 3 is 2.51 bits per heavy atom. The van der Waals surface area contributed by atoms with E-state index in [4.69, 9.17) is 4.74 Å². The van der Waals surface area contributed by atoms with Gasteiger partial charge >= 0.3 is 0 Å². The summed E-state index contributed by atoms with van der Waals surface area (Å²) in [5, 5.41) is 2.35. The third kappa shape index (κ3) is 5.57. The molecule has 2 fully saturated rings. The zero-order chi connectivity index (χ0) is 26.2. The van der Waals surface area contributed by atoms with Gasteiger partial charge in [0.2, 0.25) is 11.8 Å². The Hall–Kier alpha value is -3.19. The predicted molar refractivity (Wildman–Crippen MR) is 141 cm³/mol. The van der Waals surface area contributed by atoms with Crippen LogP contribution in [0.3, 0.4) is 0 Å². The van der Waals surface area contributed by atoms with Crippen molar-refractivity contribution in [3.63, 3.8) is 0 Å². The molecule has 0 aliphatic carbocycles. The molecule has 0 saturated carbocycles. The fourth-order valence-corrected chi connectivity index (χ4v) is 5.63. The second-order valence-electron chi connectivity index (χ2n) is 11.6. The number of fused-ring (bicyclic) bond motifs is 1. The zero-order valence-electron chi connectivity index (χ0n) is 22.1. The van der Waals surface area contributed by atoms with E-state index in [2.05, 4.69) is 55.3 Å². The van der Waals surface area contributed by atoms with Crippen molar-refractivity contribution in [3.05, 3.63) is 64.7 Å². The van der Waals surface area contributed by atoms with Gasteiger partial charge in [0, 0.05) is 31.1 Å². The number of carbonyl (C=O) groups excluding carboxylic acids is 3. The molecule has 3 heterocycles. The SMILES string of the molecule is CC(C)(C)c1ccc(CN2CCCC[C@@H]2COc2ccc3c(c2)CN(C2CCC(=O)NC2=O)C3=O)cc1. The van der Waals surface area contributed by atoms with Crippen LogP contribution in [0.2, 0.25) is 0 Å². The molecule has 2 atom stereocenters. The topological polar surface area (TPSA) is 79.0 Å². The molecule has 0 radical (unpaired) electrons. The number of nitrogens with one attached hydrogen (secondary N) is 1. The second-order valence-corrected chi connectivity index (χ2v) is 11.6. The molecular formula is C30H37N3O4. The molecule has 2 saturated heterocycles. The second kappa shape index (κ2) is 10.3. The average Bonchev–Trinajstić information content (AvgIpc) is 3.18. The summed E-state index contributed by atoms with van der Waals surface area (Å²) in [4.78, 5) is 40.8. The maximum atomic E-state index is 12.9. The van der Waals surface area contributed by atoms with E-state index in [-0.39, 0.29) is 29.6 Å². The molecular weight excluding hydrogens is 466 g/mol. The number of amides is 3. The smallest absolute Gasteiger partial charge is 0.255 e. The molecule has 3 aliphatic rings. The van der Waals surface area contributed by atoms with Crippen LogP contribution in [-0.2, 0) is 28.1 Å². The fraction of sp³-hybridized carbons (Fsp3) is 0.500. The lowest BCUT2D eigenvalue weighted by Crippen LogP contribution is -2.52. The lowest BCUT2D eigenvalue weighted by Gasteiger charge is -2.35. The summed E-state index contributed by atoms with van der Waals surface area (Å²) in [6, 6.07) is 14.3. The quantitative estimate of drug-likeness (QED) is 0.599. The van der Waals surface area contributed by atoms with Crippen LogP contribution in [0.1, 0.15) is 79.9 Å². The molecule has 3 aliphatic heterocycles. The Labute approximate surface area is 219 Å². The standard InChI is InChI=1S/C30H37N3O4/c1-30(2,3)22-9-7-20(8-10-22)17-32-15-5-4-6-23(32)19-37-24-11-12-25-21(16-24)18-33(29(25)36)26-13-14-27(34)31-28(26)35/h7-12,16,23,26H,4-6,13-15,17-19H2,1-3H3,(H,31,34,35)/t23-,26?/m1/s1. The molecule has 1 N–H and O–H groups in total. The molecule has 1 unspecified atom stereocenters. The van der Waals surface area contributed by atoms with Crippen LogP contribution in [0.4, 0.5) is 0 Å². The highest BCUT2D eigenvalue weighted by atomic mass is 16.5. The Morgan fingerprint density at radius 2 is 1.78 bits per heavy atom. The average molecular weight is 504 g/mol. The normalized spacial score (nSPS) is 22.7. The maximum absolute atomic E-state index is 12.9. The summed E-state index contributed by atoms with van der Waals surface area (Å²) < 4.78 is 6.26. The van der Waals surface area contributed by atoms with Crippen LogP contribution in [0, 0.1) is 0 Å². The highest BCUT2D eigenvalue weighted by Crippen LogP contribution is 2.31. The van der Waals surface area contributed by atoms with Crippen molar-refractivity contribution in [3.8, 4) is 5.75 Å². The van der Waals surface area contributed by atoms with E-state index in [1.54, 1.807) is 11.0 Å². The minimum Gasteiger partial charge on any atom is -0.492 e. The maximum Gasteiger partial charge on any atom is 0.255 e. The van der Waals surface area contributed by atoms with Crippen molar-refractivity contribution in [2.45, 2.75) is 83.5 Å². The largest absolute Gasteiger partial charge is 0.492 e. The predicted octanol–water partition coefficient (Wildman–Crippen LogP) is 4.18. The van der Waals surface area contributed by atoms with Crippen LogP contribution in [0.25, 0.3) is 0 Å². The summed E-state index contributed by atoms with van der Waals surface area (Å²) in [6.45, 7) is 9.65. The number of benzene rings is 2. The molecule has 0 spiro atoms. The van der Waals surface area contributed by atoms with Gasteiger partial charge in [-0.05, 0) is 66.1 Å². The third-order valence-corrected chi connectivity index (χ3v) is 7.89. The number of piperidine rings is 2. The molecule has 37 heavy (non-hydrogen) atoms. The van der Waals surface area contributed by atoms with Crippen molar-refractivity contribution in [2.24, 2.45) is 0 Å². The summed E-state index contributed by atoms with van der Waals surface area (Å²) in [6.07, 6.45) is 4.13.